The van der Waals surface area contributed by atoms with Gasteiger partial charge in [0.2, 0.25) is 11.8 Å². The standard InChI is InChI=1S/C23H39N3O2/c1-17(2)22(12-13-22)20(28)26-14-5-8-23(16-26)18(7-15-25(23)4)24-19(27)6-9-21(3)10-11-21/h17-18H,5-16H2,1-4H3,(H,24,27). The van der Waals surface area contributed by atoms with E-state index in [9.17, 15) is 9.59 Å². The van der Waals surface area contributed by atoms with Crippen molar-refractivity contribution in [3.63, 3.8) is 0 Å². The summed E-state index contributed by atoms with van der Waals surface area (Å²) in [4.78, 5) is 30.6. The van der Waals surface area contributed by atoms with Gasteiger partial charge < -0.3 is 10.2 Å². The summed E-state index contributed by atoms with van der Waals surface area (Å²) in [6, 6.07) is 0.168. The molecule has 4 fully saturated rings. The number of likely N-dealkylation sites (tertiary alicyclic amines) is 2. The lowest BCUT2D eigenvalue weighted by Gasteiger charge is -2.48. The average molecular weight is 390 g/mol. The van der Waals surface area contributed by atoms with E-state index in [1.807, 2.05) is 0 Å². The van der Waals surface area contributed by atoms with Crippen molar-refractivity contribution in [2.45, 2.75) is 90.1 Å². The number of likely N-dealkylation sites (N-methyl/N-ethyl adjacent to an activating group) is 1. The number of rotatable bonds is 6. The summed E-state index contributed by atoms with van der Waals surface area (Å²) >= 11 is 0. The van der Waals surface area contributed by atoms with Crippen molar-refractivity contribution in [1.82, 2.24) is 15.1 Å². The molecule has 4 rings (SSSR count). The van der Waals surface area contributed by atoms with Crippen molar-refractivity contribution >= 4 is 11.8 Å². The van der Waals surface area contributed by atoms with Crippen molar-refractivity contribution in [2.75, 3.05) is 26.7 Å². The van der Waals surface area contributed by atoms with Crippen LogP contribution < -0.4 is 5.32 Å². The fraction of sp³-hybridized carbons (Fsp3) is 0.913. The van der Waals surface area contributed by atoms with Crippen molar-refractivity contribution in [3.05, 3.63) is 0 Å². The molecule has 2 unspecified atom stereocenters. The number of piperidine rings is 1. The predicted molar refractivity (Wildman–Crippen MR) is 111 cm³/mol. The summed E-state index contributed by atoms with van der Waals surface area (Å²) in [5.74, 6) is 0.990. The average Bonchev–Trinajstić information content (AvgIpc) is 3.58. The van der Waals surface area contributed by atoms with E-state index in [1.165, 1.54) is 12.8 Å². The summed E-state index contributed by atoms with van der Waals surface area (Å²) in [5, 5.41) is 3.39. The molecule has 28 heavy (non-hydrogen) atoms. The van der Waals surface area contributed by atoms with Crippen LogP contribution in [0.4, 0.5) is 0 Å². The van der Waals surface area contributed by atoms with Gasteiger partial charge in [-0.3, -0.25) is 14.5 Å². The van der Waals surface area contributed by atoms with Gasteiger partial charge in [0.25, 0.3) is 0 Å². The largest absolute Gasteiger partial charge is 0.351 e. The first-order valence-corrected chi connectivity index (χ1v) is 11.5. The molecule has 2 heterocycles. The van der Waals surface area contributed by atoms with E-state index < -0.39 is 0 Å². The first kappa shape index (κ1) is 20.2. The molecule has 0 aromatic heterocycles. The number of amides is 2. The third-order valence-corrected chi connectivity index (χ3v) is 8.67. The molecule has 5 heteroatoms. The molecule has 0 radical (unpaired) electrons. The highest BCUT2D eigenvalue weighted by Gasteiger charge is 2.57. The number of hydrogen-bond donors (Lipinski definition) is 1. The van der Waals surface area contributed by atoms with Crippen LogP contribution in [0.1, 0.15) is 78.6 Å². The van der Waals surface area contributed by atoms with Gasteiger partial charge in [-0.15, -0.1) is 0 Å². The zero-order chi connectivity index (χ0) is 20.2. The number of carbonyl (C=O) groups excluding carboxylic acids is 2. The first-order chi connectivity index (χ1) is 13.2. The van der Waals surface area contributed by atoms with E-state index in [1.54, 1.807) is 0 Å². The molecule has 158 valence electrons. The van der Waals surface area contributed by atoms with E-state index in [4.69, 9.17) is 0 Å². The van der Waals surface area contributed by atoms with Crippen LogP contribution >= 0.6 is 0 Å². The Morgan fingerprint density at radius 1 is 1.11 bits per heavy atom. The maximum absolute atomic E-state index is 13.3. The Morgan fingerprint density at radius 3 is 2.43 bits per heavy atom. The Labute approximate surface area is 170 Å². The van der Waals surface area contributed by atoms with Gasteiger partial charge in [0, 0.05) is 26.1 Å². The van der Waals surface area contributed by atoms with Crippen LogP contribution in [0.5, 0.6) is 0 Å². The third-order valence-electron chi connectivity index (χ3n) is 8.67. The van der Waals surface area contributed by atoms with Gasteiger partial charge in [0.15, 0.2) is 0 Å². The van der Waals surface area contributed by atoms with Gasteiger partial charge in [0.1, 0.15) is 0 Å². The summed E-state index contributed by atoms with van der Waals surface area (Å²) in [6.07, 6.45) is 9.39. The minimum Gasteiger partial charge on any atom is -0.351 e. The predicted octanol–water partition coefficient (Wildman–Crippen LogP) is 3.18. The first-order valence-electron chi connectivity index (χ1n) is 11.5. The van der Waals surface area contributed by atoms with Crippen molar-refractivity contribution in [3.8, 4) is 0 Å². The molecular formula is C23H39N3O2. The zero-order valence-corrected chi connectivity index (χ0v) is 18.4. The molecule has 2 aliphatic carbocycles. The molecule has 2 atom stereocenters. The van der Waals surface area contributed by atoms with E-state index in [0.29, 0.717) is 23.7 Å². The van der Waals surface area contributed by atoms with E-state index in [-0.39, 0.29) is 22.9 Å². The molecule has 1 N–H and O–H groups in total. The number of nitrogens with one attached hydrogen (secondary N) is 1. The highest BCUT2D eigenvalue weighted by Crippen LogP contribution is 2.54. The highest BCUT2D eigenvalue weighted by atomic mass is 16.2. The molecule has 4 aliphatic rings. The molecule has 0 aromatic rings. The number of nitrogens with zero attached hydrogens (tertiary/aromatic N) is 2. The maximum atomic E-state index is 13.3. The van der Waals surface area contributed by atoms with Gasteiger partial charge in [-0.05, 0) is 69.7 Å². The lowest BCUT2D eigenvalue weighted by molar-refractivity contribution is -0.143. The minimum atomic E-state index is -0.103. The molecule has 1 spiro atoms. The minimum absolute atomic E-state index is 0.0832. The Balaban J connectivity index is 1.43. The second-order valence-electron chi connectivity index (χ2n) is 10.9. The molecule has 2 saturated carbocycles. The van der Waals surface area contributed by atoms with Crippen molar-refractivity contribution < 1.29 is 9.59 Å². The van der Waals surface area contributed by atoms with Gasteiger partial charge in [-0.1, -0.05) is 20.8 Å². The van der Waals surface area contributed by atoms with Crippen molar-refractivity contribution in [1.29, 1.82) is 0 Å². The monoisotopic (exact) mass is 389 g/mol. The van der Waals surface area contributed by atoms with Gasteiger partial charge in [-0.2, -0.15) is 0 Å². The topological polar surface area (TPSA) is 52.7 Å². The van der Waals surface area contributed by atoms with Crippen LogP contribution in [0.2, 0.25) is 0 Å². The smallest absolute Gasteiger partial charge is 0.229 e. The van der Waals surface area contributed by atoms with Crippen LogP contribution in [0, 0.1) is 16.7 Å². The lowest BCUT2D eigenvalue weighted by Crippen LogP contribution is -2.64. The Hall–Kier alpha value is -1.10. The molecular weight excluding hydrogens is 350 g/mol. The van der Waals surface area contributed by atoms with Crippen LogP contribution in [0.3, 0.4) is 0 Å². The Morgan fingerprint density at radius 2 is 1.82 bits per heavy atom. The zero-order valence-electron chi connectivity index (χ0n) is 18.4. The summed E-state index contributed by atoms with van der Waals surface area (Å²) in [5.41, 5.74) is 0.235. The quantitative estimate of drug-likeness (QED) is 0.759. The second kappa shape index (κ2) is 7.00. The third kappa shape index (κ3) is 3.48. The normalized spacial score (nSPS) is 33.3. The summed E-state index contributed by atoms with van der Waals surface area (Å²) in [7, 11) is 2.18. The Bertz CT molecular complexity index is 638. The van der Waals surface area contributed by atoms with E-state index in [0.717, 1.165) is 58.2 Å². The summed E-state index contributed by atoms with van der Waals surface area (Å²) in [6.45, 7) is 9.32. The summed E-state index contributed by atoms with van der Waals surface area (Å²) < 4.78 is 0. The number of carbonyl (C=O) groups is 2. The fourth-order valence-corrected chi connectivity index (χ4v) is 5.75. The second-order valence-corrected chi connectivity index (χ2v) is 10.9. The molecule has 5 nitrogen and oxygen atoms in total. The molecule has 0 bridgehead atoms. The molecule has 0 aromatic carbocycles. The highest BCUT2D eigenvalue weighted by molar-refractivity contribution is 5.86. The maximum Gasteiger partial charge on any atom is 0.229 e. The van der Waals surface area contributed by atoms with Crippen LogP contribution in [0.15, 0.2) is 0 Å². The van der Waals surface area contributed by atoms with Crippen LogP contribution in [-0.4, -0.2) is 59.9 Å². The van der Waals surface area contributed by atoms with E-state index >= 15 is 0 Å². The Kier molecular flexibility index (Phi) is 5.05. The van der Waals surface area contributed by atoms with Crippen LogP contribution in [-0.2, 0) is 9.59 Å². The molecule has 2 saturated heterocycles. The van der Waals surface area contributed by atoms with Gasteiger partial charge in [-0.25, -0.2) is 0 Å². The van der Waals surface area contributed by atoms with Crippen molar-refractivity contribution in [2.24, 2.45) is 16.7 Å². The lowest BCUT2D eigenvalue weighted by atomic mass is 9.81. The SMILES string of the molecule is CC(C)C1(C(=O)N2CCCC3(C2)C(NC(=O)CCC2(C)CC2)CCN3C)CC1. The fourth-order valence-electron chi connectivity index (χ4n) is 5.75. The van der Waals surface area contributed by atoms with Crippen LogP contribution in [0.25, 0.3) is 0 Å². The van der Waals surface area contributed by atoms with Gasteiger partial charge >= 0.3 is 0 Å². The van der Waals surface area contributed by atoms with Gasteiger partial charge in [0.05, 0.1) is 17.0 Å². The molecule has 2 aliphatic heterocycles. The molecule has 2 amide bonds. The van der Waals surface area contributed by atoms with E-state index in [2.05, 4.69) is 42.9 Å². The number of hydrogen-bond acceptors (Lipinski definition) is 3.